The zero-order chi connectivity index (χ0) is 11.2. The van der Waals surface area contributed by atoms with Crippen molar-refractivity contribution >= 4 is 12.2 Å². The number of aliphatic carboxylic acids is 1. The lowest BCUT2D eigenvalue weighted by molar-refractivity contribution is -0.139. The molecule has 0 amide bonds. The molecule has 1 aromatic heterocycles. The number of hydrogen-bond acceptors (Lipinski definition) is 2. The Labute approximate surface area is 88.2 Å². The highest BCUT2D eigenvalue weighted by atomic mass is 16.4. The van der Waals surface area contributed by atoms with Crippen LogP contribution in [-0.2, 0) is 4.79 Å². The van der Waals surface area contributed by atoms with E-state index in [-0.39, 0.29) is 17.3 Å². The molecule has 1 aliphatic carbocycles. The van der Waals surface area contributed by atoms with Gasteiger partial charge in [-0.1, -0.05) is 20.4 Å². The van der Waals surface area contributed by atoms with Crippen LogP contribution >= 0.6 is 0 Å². The number of hydrogen-bond donors (Lipinski definition) is 1. The Morgan fingerprint density at radius 2 is 2.40 bits per heavy atom. The third kappa shape index (κ3) is 1.37. The SMILES string of the molecule is C=Cn1cc([C@H]2[C@H](C(=O)O)C2(C)C)cn1. The Balaban J connectivity index is 2.27. The fourth-order valence-electron chi connectivity index (χ4n) is 2.33. The zero-order valence-electron chi connectivity index (χ0n) is 8.84. The summed E-state index contributed by atoms with van der Waals surface area (Å²) in [4.78, 5) is 11.0. The first kappa shape index (κ1) is 9.96. The van der Waals surface area contributed by atoms with E-state index in [1.807, 2.05) is 20.0 Å². The number of carboxylic acid groups (broad SMARTS) is 1. The maximum Gasteiger partial charge on any atom is 0.307 e. The van der Waals surface area contributed by atoms with Gasteiger partial charge >= 0.3 is 5.97 Å². The van der Waals surface area contributed by atoms with Crippen LogP contribution in [0.25, 0.3) is 6.20 Å². The third-order valence-electron chi connectivity index (χ3n) is 3.26. The highest BCUT2D eigenvalue weighted by Gasteiger charge is 2.63. The zero-order valence-corrected chi connectivity index (χ0v) is 8.84. The molecule has 2 rings (SSSR count). The molecule has 0 unspecified atom stereocenters. The van der Waals surface area contributed by atoms with Crippen LogP contribution in [0.2, 0.25) is 0 Å². The van der Waals surface area contributed by atoms with Crippen LogP contribution in [0.3, 0.4) is 0 Å². The number of carbonyl (C=O) groups is 1. The Kier molecular flexibility index (Phi) is 1.96. The molecule has 0 saturated heterocycles. The Bertz CT molecular complexity index is 420. The monoisotopic (exact) mass is 206 g/mol. The van der Waals surface area contributed by atoms with Crippen LogP contribution in [-0.4, -0.2) is 20.9 Å². The van der Waals surface area contributed by atoms with Crippen LogP contribution in [0.15, 0.2) is 19.0 Å². The van der Waals surface area contributed by atoms with E-state index in [1.165, 1.54) is 0 Å². The molecule has 15 heavy (non-hydrogen) atoms. The van der Waals surface area contributed by atoms with Crippen molar-refractivity contribution in [3.63, 3.8) is 0 Å². The summed E-state index contributed by atoms with van der Waals surface area (Å²) in [5.74, 6) is -0.944. The lowest BCUT2D eigenvalue weighted by Crippen LogP contribution is -2.03. The topological polar surface area (TPSA) is 55.1 Å². The van der Waals surface area contributed by atoms with Gasteiger partial charge in [0.2, 0.25) is 0 Å². The number of nitrogens with zero attached hydrogens (tertiary/aromatic N) is 2. The van der Waals surface area contributed by atoms with Crippen molar-refractivity contribution in [1.82, 2.24) is 9.78 Å². The van der Waals surface area contributed by atoms with Gasteiger partial charge in [-0.2, -0.15) is 5.10 Å². The second-order valence-electron chi connectivity index (χ2n) is 4.55. The smallest absolute Gasteiger partial charge is 0.307 e. The van der Waals surface area contributed by atoms with E-state index in [0.29, 0.717) is 0 Å². The van der Waals surface area contributed by atoms with Gasteiger partial charge in [-0.05, 0) is 11.0 Å². The molecule has 0 radical (unpaired) electrons. The summed E-state index contributed by atoms with van der Waals surface area (Å²) in [6, 6.07) is 0. The predicted octanol–water partition coefficient (Wildman–Crippen LogP) is 1.81. The van der Waals surface area contributed by atoms with Gasteiger partial charge in [-0.25, -0.2) is 4.68 Å². The summed E-state index contributed by atoms with van der Waals surface area (Å²) in [6.45, 7) is 7.55. The molecule has 4 nitrogen and oxygen atoms in total. The van der Waals surface area contributed by atoms with E-state index < -0.39 is 5.97 Å². The van der Waals surface area contributed by atoms with Crippen LogP contribution < -0.4 is 0 Å². The Hall–Kier alpha value is -1.58. The average molecular weight is 206 g/mol. The van der Waals surface area contributed by atoms with E-state index in [1.54, 1.807) is 17.1 Å². The van der Waals surface area contributed by atoms with Gasteiger partial charge in [0.15, 0.2) is 0 Å². The van der Waals surface area contributed by atoms with Crippen molar-refractivity contribution < 1.29 is 9.90 Å². The Morgan fingerprint density at radius 3 is 2.80 bits per heavy atom. The first-order valence-corrected chi connectivity index (χ1v) is 4.88. The normalized spacial score (nSPS) is 27.3. The molecule has 80 valence electrons. The van der Waals surface area contributed by atoms with E-state index in [9.17, 15) is 4.79 Å². The van der Waals surface area contributed by atoms with Gasteiger partial charge in [0.1, 0.15) is 0 Å². The standard InChI is InChI=1S/C11H14N2O2/c1-4-13-6-7(5-12-13)8-9(10(14)15)11(8,2)3/h4-6,8-9H,1H2,2-3H3,(H,14,15)/t8-,9+/m0/s1. The quantitative estimate of drug-likeness (QED) is 0.820. The van der Waals surface area contributed by atoms with Crippen molar-refractivity contribution in [1.29, 1.82) is 0 Å². The van der Waals surface area contributed by atoms with E-state index in [0.717, 1.165) is 5.56 Å². The second kappa shape index (κ2) is 2.95. The van der Waals surface area contributed by atoms with Gasteiger partial charge in [0.25, 0.3) is 0 Å². The van der Waals surface area contributed by atoms with Crippen LogP contribution in [0.1, 0.15) is 25.3 Å². The molecule has 0 spiro atoms. The lowest BCUT2D eigenvalue weighted by atomic mass is 10.1. The molecule has 0 aromatic carbocycles. The minimum atomic E-state index is -0.726. The average Bonchev–Trinajstić information content (AvgIpc) is 2.59. The van der Waals surface area contributed by atoms with Crippen molar-refractivity contribution in [2.45, 2.75) is 19.8 Å². The van der Waals surface area contributed by atoms with Gasteiger partial charge in [-0.3, -0.25) is 4.79 Å². The molecule has 0 bridgehead atoms. The fourth-order valence-corrected chi connectivity index (χ4v) is 2.33. The van der Waals surface area contributed by atoms with Gasteiger partial charge in [0, 0.05) is 18.3 Å². The molecule has 1 saturated carbocycles. The molecule has 1 heterocycles. The summed E-state index contributed by atoms with van der Waals surface area (Å²) >= 11 is 0. The van der Waals surface area contributed by atoms with Crippen LogP contribution in [0, 0.1) is 11.3 Å². The molecule has 1 aromatic rings. The summed E-state index contributed by atoms with van der Waals surface area (Å²) in [5, 5.41) is 13.1. The largest absolute Gasteiger partial charge is 0.481 e. The summed E-state index contributed by atoms with van der Waals surface area (Å²) in [5.41, 5.74) is 0.813. The van der Waals surface area contributed by atoms with Gasteiger partial charge < -0.3 is 5.11 Å². The van der Waals surface area contributed by atoms with Crippen LogP contribution in [0.4, 0.5) is 0 Å². The van der Waals surface area contributed by atoms with Crippen molar-refractivity contribution in [3.8, 4) is 0 Å². The minimum absolute atomic E-state index is 0.0729. The lowest BCUT2D eigenvalue weighted by Gasteiger charge is -1.97. The molecule has 1 N–H and O–H groups in total. The van der Waals surface area contributed by atoms with Crippen molar-refractivity contribution in [2.24, 2.45) is 11.3 Å². The van der Waals surface area contributed by atoms with E-state index in [4.69, 9.17) is 5.11 Å². The van der Waals surface area contributed by atoms with Gasteiger partial charge in [-0.15, -0.1) is 0 Å². The van der Waals surface area contributed by atoms with Crippen molar-refractivity contribution in [2.75, 3.05) is 0 Å². The molecule has 2 atom stereocenters. The second-order valence-corrected chi connectivity index (χ2v) is 4.55. The molecule has 1 aliphatic rings. The molecular weight excluding hydrogens is 192 g/mol. The first-order chi connectivity index (χ1) is 6.98. The highest BCUT2D eigenvalue weighted by molar-refractivity contribution is 5.77. The van der Waals surface area contributed by atoms with Crippen molar-refractivity contribution in [3.05, 3.63) is 24.5 Å². The van der Waals surface area contributed by atoms with Crippen LogP contribution in [0.5, 0.6) is 0 Å². The molecular formula is C11H14N2O2. The summed E-state index contributed by atoms with van der Waals surface area (Å²) in [7, 11) is 0. The van der Waals surface area contributed by atoms with E-state index in [2.05, 4.69) is 11.7 Å². The first-order valence-electron chi connectivity index (χ1n) is 4.88. The van der Waals surface area contributed by atoms with Gasteiger partial charge in [0.05, 0.1) is 12.1 Å². The fraction of sp³-hybridized carbons (Fsp3) is 0.455. The molecule has 4 heteroatoms. The number of carboxylic acids is 1. The minimum Gasteiger partial charge on any atom is -0.481 e. The molecule has 0 aliphatic heterocycles. The Morgan fingerprint density at radius 1 is 1.73 bits per heavy atom. The van der Waals surface area contributed by atoms with E-state index >= 15 is 0 Å². The summed E-state index contributed by atoms with van der Waals surface area (Å²) < 4.78 is 1.60. The maximum atomic E-state index is 11.0. The predicted molar refractivity (Wildman–Crippen MR) is 56.3 cm³/mol. The maximum absolute atomic E-state index is 11.0. The molecule has 1 fully saturated rings. The summed E-state index contributed by atoms with van der Waals surface area (Å²) in [6.07, 6.45) is 5.15. The number of rotatable bonds is 3. The number of aromatic nitrogens is 2. The third-order valence-corrected chi connectivity index (χ3v) is 3.26. The highest BCUT2D eigenvalue weighted by Crippen LogP contribution is 2.64.